The Balaban J connectivity index is 1.79. The van der Waals surface area contributed by atoms with Crippen LogP contribution in [0, 0.1) is 0 Å². The molecule has 1 aromatic heterocycles. The van der Waals surface area contributed by atoms with Crippen LogP contribution in [0.1, 0.15) is 31.4 Å². The van der Waals surface area contributed by atoms with Gasteiger partial charge >= 0.3 is 0 Å². The van der Waals surface area contributed by atoms with Gasteiger partial charge in [0.1, 0.15) is 6.17 Å². The average Bonchev–Trinajstić information content (AvgIpc) is 2.69. The number of hydrogen-bond acceptors (Lipinski definition) is 4. The molecular weight excluding hydrogens is 201 g/mol. The topological polar surface area (TPSA) is 37.8 Å². The number of halogens is 1. The van der Waals surface area contributed by atoms with Gasteiger partial charge in [0, 0.05) is 18.0 Å². The first-order valence-electron chi connectivity index (χ1n) is 4.99. The van der Waals surface area contributed by atoms with E-state index in [1.807, 2.05) is 5.38 Å². The van der Waals surface area contributed by atoms with Crippen LogP contribution in [-0.4, -0.2) is 21.8 Å². The third kappa shape index (κ3) is 2.48. The van der Waals surface area contributed by atoms with Crippen LogP contribution in [-0.2, 0) is 6.54 Å². The molecule has 14 heavy (non-hydrogen) atoms. The molecule has 1 N–H and O–H groups in total. The highest BCUT2D eigenvalue weighted by molar-refractivity contribution is 7.03. The van der Waals surface area contributed by atoms with Gasteiger partial charge in [0.25, 0.3) is 0 Å². The van der Waals surface area contributed by atoms with Crippen molar-refractivity contribution in [2.75, 3.05) is 0 Å². The number of hydrogen-bond donors (Lipinski definition) is 1. The van der Waals surface area contributed by atoms with Crippen molar-refractivity contribution in [2.45, 2.75) is 44.4 Å². The molecule has 0 radical (unpaired) electrons. The Bertz CT molecular complexity index is 265. The minimum atomic E-state index is -0.685. The normalized spacial score (nSPS) is 27.8. The molecule has 1 heterocycles. The second kappa shape index (κ2) is 4.79. The van der Waals surface area contributed by atoms with Gasteiger partial charge in [-0.1, -0.05) is 17.3 Å². The summed E-state index contributed by atoms with van der Waals surface area (Å²) in [7, 11) is 0. The number of nitrogens with one attached hydrogen (secondary N) is 1. The van der Waals surface area contributed by atoms with Gasteiger partial charge in [-0.3, -0.25) is 0 Å². The standard InChI is InChI=1S/C9H14FN3S/c10-8-3-1-2-4-9(8)11-5-7-6-14-13-12-7/h6,8-9,11H,1-5H2/t8-,9-/m0/s1. The van der Waals surface area contributed by atoms with Crippen molar-refractivity contribution in [2.24, 2.45) is 0 Å². The SMILES string of the molecule is F[C@H]1CCCC[C@@H]1NCc1csnn1. The molecule has 0 unspecified atom stereocenters. The summed E-state index contributed by atoms with van der Waals surface area (Å²) >= 11 is 1.33. The highest BCUT2D eigenvalue weighted by atomic mass is 32.1. The van der Waals surface area contributed by atoms with E-state index in [0.29, 0.717) is 13.0 Å². The molecule has 0 aromatic carbocycles. The van der Waals surface area contributed by atoms with Crippen LogP contribution in [0.2, 0.25) is 0 Å². The average molecular weight is 215 g/mol. The van der Waals surface area contributed by atoms with E-state index < -0.39 is 6.17 Å². The van der Waals surface area contributed by atoms with Crippen LogP contribution in [0.15, 0.2) is 5.38 Å². The highest BCUT2D eigenvalue weighted by Crippen LogP contribution is 2.21. The molecule has 0 aliphatic heterocycles. The lowest BCUT2D eigenvalue weighted by atomic mass is 9.93. The third-order valence-electron chi connectivity index (χ3n) is 2.63. The predicted molar refractivity (Wildman–Crippen MR) is 53.9 cm³/mol. The van der Waals surface area contributed by atoms with Crippen molar-refractivity contribution in [3.8, 4) is 0 Å². The monoisotopic (exact) mass is 215 g/mol. The predicted octanol–water partition coefficient (Wildman–Crippen LogP) is 1.91. The highest BCUT2D eigenvalue weighted by Gasteiger charge is 2.23. The molecule has 78 valence electrons. The maximum Gasteiger partial charge on any atom is 0.115 e. The van der Waals surface area contributed by atoms with Crippen molar-refractivity contribution in [1.82, 2.24) is 14.9 Å². The molecule has 0 bridgehead atoms. The molecule has 2 atom stereocenters. The van der Waals surface area contributed by atoms with Crippen molar-refractivity contribution < 1.29 is 4.39 Å². The number of alkyl halides is 1. The zero-order valence-electron chi connectivity index (χ0n) is 7.95. The van der Waals surface area contributed by atoms with Crippen molar-refractivity contribution in [1.29, 1.82) is 0 Å². The number of rotatable bonds is 3. The first kappa shape index (κ1) is 9.98. The quantitative estimate of drug-likeness (QED) is 0.837. The molecule has 3 nitrogen and oxygen atoms in total. The molecule has 0 amide bonds. The van der Waals surface area contributed by atoms with Crippen LogP contribution >= 0.6 is 11.5 Å². The second-order valence-electron chi connectivity index (χ2n) is 3.68. The Morgan fingerprint density at radius 2 is 2.36 bits per heavy atom. The van der Waals surface area contributed by atoms with Crippen LogP contribution in [0.25, 0.3) is 0 Å². The van der Waals surface area contributed by atoms with Crippen LogP contribution in [0.5, 0.6) is 0 Å². The Morgan fingerprint density at radius 3 is 3.07 bits per heavy atom. The number of nitrogens with zero attached hydrogens (tertiary/aromatic N) is 2. The molecule has 1 saturated carbocycles. The van der Waals surface area contributed by atoms with E-state index in [-0.39, 0.29) is 6.04 Å². The lowest BCUT2D eigenvalue weighted by Gasteiger charge is -2.26. The van der Waals surface area contributed by atoms with Gasteiger partial charge in [0.05, 0.1) is 5.69 Å². The molecule has 1 aliphatic rings. The summed E-state index contributed by atoms with van der Waals surface area (Å²) in [6, 6.07) is 0.0189. The zero-order valence-corrected chi connectivity index (χ0v) is 8.76. The van der Waals surface area contributed by atoms with E-state index in [0.717, 1.165) is 25.0 Å². The van der Waals surface area contributed by atoms with E-state index >= 15 is 0 Å². The fraction of sp³-hybridized carbons (Fsp3) is 0.778. The fourth-order valence-corrected chi connectivity index (χ4v) is 2.26. The fourth-order valence-electron chi connectivity index (χ4n) is 1.81. The van der Waals surface area contributed by atoms with E-state index in [4.69, 9.17) is 0 Å². The summed E-state index contributed by atoms with van der Waals surface area (Å²) in [4.78, 5) is 0. The Morgan fingerprint density at radius 1 is 1.50 bits per heavy atom. The lowest BCUT2D eigenvalue weighted by Crippen LogP contribution is -2.39. The minimum Gasteiger partial charge on any atom is -0.305 e. The van der Waals surface area contributed by atoms with Crippen LogP contribution < -0.4 is 5.32 Å². The first-order chi connectivity index (χ1) is 6.86. The summed E-state index contributed by atoms with van der Waals surface area (Å²) in [5.74, 6) is 0. The summed E-state index contributed by atoms with van der Waals surface area (Å²) in [5.41, 5.74) is 0.910. The van der Waals surface area contributed by atoms with Crippen LogP contribution in [0.3, 0.4) is 0 Å². The third-order valence-corrected chi connectivity index (χ3v) is 3.19. The molecule has 0 saturated heterocycles. The van der Waals surface area contributed by atoms with E-state index in [1.54, 1.807) is 0 Å². The van der Waals surface area contributed by atoms with Gasteiger partial charge in [-0.25, -0.2) is 4.39 Å². The zero-order chi connectivity index (χ0) is 9.80. The van der Waals surface area contributed by atoms with Crippen molar-refractivity contribution in [3.63, 3.8) is 0 Å². The largest absolute Gasteiger partial charge is 0.305 e. The van der Waals surface area contributed by atoms with Gasteiger partial charge in [0.2, 0.25) is 0 Å². The maximum atomic E-state index is 13.4. The van der Waals surface area contributed by atoms with E-state index in [9.17, 15) is 4.39 Å². The van der Waals surface area contributed by atoms with Gasteiger partial charge in [-0.15, -0.1) is 5.10 Å². The Hall–Kier alpha value is -0.550. The molecule has 1 aliphatic carbocycles. The maximum absolute atomic E-state index is 13.4. The molecule has 5 heteroatoms. The Kier molecular flexibility index (Phi) is 3.42. The lowest BCUT2D eigenvalue weighted by molar-refractivity contribution is 0.188. The number of aromatic nitrogens is 2. The van der Waals surface area contributed by atoms with Gasteiger partial charge < -0.3 is 5.32 Å². The van der Waals surface area contributed by atoms with Crippen molar-refractivity contribution >= 4 is 11.5 Å². The molecule has 2 rings (SSSR count). The summed E-state index contributed by atoms with van der Waals surface area (Å²) in [6.45, 7) is 0.640. The molecule has 1 aromatic rings. The van der Waals surface area contributed by atoms with Crippen molar-refractivity contribution in [3.05, 3.63) is 11.1 Å². The molecular formula is C9H14FN3S. The first-order valence-corrected chi connectivity index (χ1v) is 5.83. The second-order valence-corrected chi connectivity index (χ2v) is 4.29. The molecule has 1 fully saturated rings. The summed E-state index contributed by atoms with van der Waals surface area (Å²) < 4.78 is 17.1. The van der Waals surface area contributed by atoms with Crippen LogP contribution in [0.4, 0.5) is 4.39 Å². The van der Waals surface area contributed by atoms with Gasteiger partial charge in [0.15, 0.2) is 0 Å². The van der Waals surface area contributed by atoms with Gasteiger partial charge in [-0.05, 0) is 24.4 Å². The molecule has 0 spiro atoms. The van der Waals surface area contributed by atoms with E-state index in [2.05, 4.69) is 14.9 Å². The smallest absolute Gasteiger partial charge is 0.115 e. The van der Waals surface area contributed by atoms with Gasteiger partial charge in [-0.2, -0.15) is 0 Å². The summed E-state index contributed by atoms with van der Waals surface area (Å²) in [5, 5.41) is 9.00. The summed E-state index contributed by atoms with van der Waals surface area (Å²) in [6.07, 6.45) is 3.12. The Labute approximate surface area is 86.9 Å². The minimum absolute atomic E-state index is 0.0189. The van der Waals surface area contributed by atoms with E-state index in [1.165, 1.54) is 11.5 Å².